The standard InChI is InChI=1S/C18H22N4/c1-14-5-4-7-18(20-14)22-12-9-15-8-11-21(13-16(15)22)17-6-2-3-10-19-17/h2-7,10,15-16H,8-9,11-13H2,1H3. The average molecular weight is 294 g/mol. The van der Waals surface area contributed by atoms with Crippen molar-refractivity contribution in [1.29, 1.82) is 0 Å². The molecule has 2 aliphatic rings. The zero-order valence-corrected chi connectivity index (χ0v) is 13.0. The third kappa shape index (κ3) is 2.43. The van der Waals surface area contributed by atoms with Crippen molar-refractivity contribution >= 4 is 11.6 Å². The Morgan fingerprint density at radius 1 is 1.00 bits per heavy atom. The highest BCUT2D eigenvalue weighted by Gasteiger charge is 2.39. The first-order chi connectivity index (χ1) is 10.8. The Balaban J connectivity index is 1.57. The Labute approximate surface area is 131 Å². The molecule has 0 aromatic carbocycles. The number of nitrogens with zero attached hydrogens (tertiary/aromatic N) is 4. The predicted octanol–water partition coefficient (Wildman–Crippen LogP) is 2.89. The minimum absolute atomic E-state index is 0.560. The summed E-state index contributed by atoms with van der Waals surface area (Å²) in [4.78, 5) is 14.2. The first-order valence-electron chi connectivity index (χ1n) is 8.17. The van der Waals surface area contributed by atoms with Crippen molar-refractivity contribution < 1.29 is 0 Å². The summed E-state index contributed by atoms with van der Waals surface area (Å²) in [6, 6.07) is 13.1. The van der Waals surface area contributed by atoms with Crippen LogP contribution in [0, 0.1) is 12.8 Å². The monoisotopic (exact) mass is 294 g/mol. The van der Waals surface area contributed by atoms with E-state index in [1.807, 2.05) is 12.3 Å². The highest BCUT2D eigenvalue weighted by atomic mass is 15.3. The number of rotatable bonds is 2. The summed E-state index contributed by atoms with van der Waals surface area (Å²) in [5.74, 6) is 3.03. The lowest BCUT2D eigenvalue weighted by Crippen LogP contribution is -2.48. The molecule has 114 valence electrons. The van der Waals surface area contributed by atoms with Crippen LogP contribution in [-0.2, 0) is 0 Å². The van der Waals surface area contributed by atoms with Gasteiger partial charge in [-0.1, -0.05) is 12.1 Å². The molecule has 0 saturated carbocycles. The van der Waals surface area contributed by atoms with Crippen molar-refractivity contribution in [3.63, 3.8) is 0 Å². The summed E-state index contributed by atoms with van der Waals surface area (Å²) >= 11 is 0. The second kappa shape index (κ2) is 5.59. The van der Waals surface area contributed by atoms with E-state index < -0.39 is 0 Å². The van der Waals surface area contributed by atoms with E-state index in [-0.39, 0.29) is 0 Å². The molecule has 2 atom stereocenters. The van der Waals surface area contributed by atoms with Crippen LogP contribution in [0.4, 0.5) is 11.6 Å². The summed E-state index contributed by atoms with van der Waals surface area (Å²) in [5, 5.41) is 0. The first-order valence-corrected chi connectivity index (χ1v) is 8.17. The number of pyridine rings is 2. The maximum atomic E-state index is 4.74. The Hall–Kier alpha value is -2.10. The van der Waals surface area contributed by atoms with Gasteiger partial charge in [-0.15, -0.1) is 0 Å². The lowest BCUT2D eigenvalue weighted by atomic mass is 9.92. The molecule has 2 aromatic heterocycles. The molecule has 4 rings (SSSR count). The fraction of sp³-hybridized carbons (Fsp3) is 0.444. The third-order valence-electron chi connectivity index (χ3n) is 5.00. The van der Waals surface area contributed by atoms with Crippen LogP contribution in [0.25, 0.3) is 0 Å². The molecule has 0 spiro atoms. The molecule has 4 heteroatoms. The number of aryl methyl sites for hydroxylation is 1. The minimum atomic E-state index is 0.560. The fourth-order valence-electron chi connectivity index (χ4n) is 3.86. The third-order valence-corrected chi connectivity index (χ3v) is 5.00. The van der Waals surface area contributed by atoms with Gasteiger partial charge in [0.2, 0.25) is 0 Å². The molecule has 4 nitrogen and oxygen atoms in total. The second-order valence-electron chi connectivity index (χ2n) is 6.37. The molecule has 4 heterocycles. The summed E-state index contributed by atoms with van der Waals surface area (Å²) in [6.45, 7) is 5.37. The van der Waals surface area contributed by atoms with Gasteiger partial charge in [0.25, 0.3) is 0 Å². The van der Waals surface area contributed by atoms with E-state index in [9.17, 15) is 0 Å². The average Bonchev–Trinajstić information content (AvgIpc) is 2.99. The number of hydrogen-bond acceptors (Lipinski definition) is 4. The van der Waals surface area contributed by atoms with Gasteiger partial charge < -0.3 is 9.80 Å². The van der Waals surface area contributed by atoms with Gasteiger partial charge in [0, 0.05) is 31.5 Å². The normalized spacial score (nSPS) is 24.4. The molecule has 2 aliphatic heterocycles. The molecular formula is C18H22N4. The molecule has 0 N–H and O–H groups in total. The molecule has 0 bridgehead atoms. The van der Waals surface area contributed by atoms with Crippen molar-refractivity contribution in [1.82, 2.24) is 9.97 Å². The molecular weight excluding hydrogens is 272 g/mol. The molecule has 2 saturated heterocycles. The van der Waals surface area contributed by atoms with Crippen LogP contribution in [0.5, 0.6) is 0 Å². The van der Waals surface area contributed by atoms with Crippen LogP contribution in [0.1, 0.15) is 18.5 Å². The zero-order chi connectivity index (χ0) is 14.9. The Morgan fingerprint density at radius 2 is 1.86 bits per heavy atom. The van der Waals surface area contributed by atoms with Crippen molar-refractivity contribution in [2.24, 2.45) is 5.92 Å². The highest BCUT2D eigenvalue weighted by Crippen LogP contribution is 2.35. The van der Waals surface area contributed by atoms with Gasteiger partial charge in [-0.05, 0) is 49.9 Å². The summed E-state index contributed by atoms with van der Waals surface area (Å²) in [7, 11) is 0. The SMILES string of the molecule is Cc1cccc(N2CCC3CCN(c4ccccn4)CC32)n1. The van der Waals surface area contributed by atoms with E-state index in [0.29, 0.717) is 6.04 Å². The topological polar surface area (TPSA) is 32.3 Å². The van der Waals surface area contributed by atoms with Gasteiger partial charge in [0.1, 0.15) is 11.6 Å². The predicted molar refractivity (Wildman–Crippen MR) is 89.3 cm³/mol. The highest BCUT2D eigenvalue weighted by molar-refractivity contribution is 5.46. The zero-order valence-electron chi connectivity index (χ0n) is 13.0. The second-order valence-corrected chi connectivity index (χ2v) is 6.37. The van der Waals surface area contributed by atoms with E-state index in [2.05, 4.69) is 52.0 Å². The molecule has 2 fully saturated rings. The number of piperidine rings is 1. The van der Waals surface area contributed by atoms with Gasteiger partial charge in [-0.25, -0.2) is 9.97 Å². The van der Waals surface area contributed by atoms with Gasteiger partial charge >= 0.3 is 0 Å². The Kier molecular flexibility index (Phi) is 3.45. The van der Waals surface area contributed by atoms with Gasteiger partial charge in [0.15, 0.2) is 0 Å². The van der Waals surface area contributed by atoms with E-state index in [0.717, 1.165) is 42.9 Å². The van der Waals surface area contributed by atoms with Crippen molar-refractivity contribution in [3.8, 4) is 0 Å². The lowest BCUT2D eigenvalue weighted by molar-refractivity contribution is 0.388. The largest absolute Gasteiger partial charge is 0.355 e. The number of hydrogen-bond donors (Lipinski definition) is 0. The minimum Gasteiger partial charge on any atom is -0.355 e. The Bertz CT molecular complexity index is 643. The maximum Gasteiger partial charge on any atom is 0.129 e. The number of fused-ring (bicyclic) bond motifs is 1. The molecule has 2 unspecified atom stereocenters. The van der Waals surface area contributed by atoms with Gasteiger partial charge in [0.05, 0.1) is 6.04 Å². The molecule has 22 heavy (non-hydrogen) atoms. The van der Waals surface area contributed by atoms with Crippen LogP contribution in [0.2, 0.25) is 0 Å². The molecule has 0 radical (unpaired) electrons. The van der Waals surface area contributed by atoms with Gasteiger partial charge in [-0.3, -0.25) is 0 Å². The van der Waals surface area contributed by atoms with E-state index in [1.165, 1.54) is 12.8 Å². The van der Waals surface area contributed by atoms with Crippen LogP contribution in [-0.4, -0.2) is 35.6 Å². The molecule has 0 amide bonds. The van der Waals surface area contributed by atoms with Gasteiger partial charge in [-0.2, -0.15) is 0 Å². The first kappa shape index (κ1) is 13.6. The van der Waals surface area contributed by atoms with Crippen LogP contribution < -0.4 is 9.80 Å². The number of anilines is 2. The summed E-state index contributed by atoms with van der Waals surface area (Å²) < 4.78 is 0. The van der Waals surface area contributed by atoms with Crippen LogP contribution in [0.3, 0.4) is 0 Å². The Morgan fingerprint density at radius 3 is 2.68 bits per heavy atom. The lowest BCUT2D eigenvalue weighted by Gasteiger charge is -2.39. The fourth-order valence-corrected chi connectivity index (χ4v) is 3.86. The molecule has 2 aromatic rings. The van der Waals surface area contributed by atoms with E-state index in [1.54, 1.807) is 0 Å². The maximum absolute atomic E-state index is 4.74. The van der Waals surface area contributed by atoms with Crippen molar-refractivity contribution in [3.05, 3.63) is 48.3 Å². The van der Waals surface area contributed by atoms with E-state index in [4.69, 9.17) is 4.98 Å². The summed E-state index contributed by atoms with van der Waals surface area (Å²) in [5.41, 5.74) is 1.10. The van der Waals surface area contributed by atoms with Crippen molar-refractivity contribution in [2.45, 2.75) is 25.8 Å². The smallest absolute Gasteiger partial charge is 0.129 e. The quantitative estimate of drug-likeness (QED) is 0.852. The molecule has 0 aliphatic carbocycles. The van der Waals surface area contributed by atoms with Crippen LogP contribution in [0.15, 0.2) is 42.6 Å². The van der Waals surface area contributed by atoms with Crippen LogP contribution >= 0.6 is 0 Å². The number of aromatic nitrogens is 2. The van der Waals surface area contributed by atoms with E-state index >= 15 is 0 Å². The van der Waals surface area contributed by atoms with Crippen molar-refractivity contribution in [2.75, 3.05) is 29.4 Å². The summed E-state index contributed by atoms with van der Waals surface area (Å²) in [6.07, 6.45) is 4.43.